The number of amides is 2. The van der Waals surface area contributed by atoms with Crippen LogP contribution in [0.15, 0.2) is 40.9 Å². The van der Waals surface area contributed by atoms with E-state index in [4.69, 9.17) is 0 Å². The van der Waals surface area contributed by atoms with Gasteiger partial charge in [-0.25, -0.2) is 4.39 Å². The fourth-order valence-electron chi connectivity index (χ4n) is 2.65. The molecule has 3 aromatic rings. The van der Waals surface area contributed by atoms with Gasteiger partial charge >= 0.3 is 0 Å². The number of nitrogens with zero attached hydrogens (tertiary/aromatic N) is 4. The second-order valence-corrected chi connectivity index (χ2v) is 7.17. The Kier molecular flexibility index (Phi) is 6.32. The molecule has 10 heteroatoms. The molecule has 29 heavy (non-hydrogen) atoms. The number of benzene rings is 2. The van der Waals surface area contributed by atoms with Crippen molar-refractivity contribution in [1.82, 2.24) is 25.5 Å². The van der Waals surface area contributed by atoms with Crippen molar-refractivity contribution in [3.8, 4) is 5.69 Å². The van der Waals surface area contributed by atoms with Crippen LogP contribution >= 0.6 is 15.9 Å². The number of rotatable bonds is 6. The first-order valence-electron chi connectivity index (χ1n) is 8.74. The largest absolute Gasteiger partial charge is 0.351 e. The lowest BCUT2D eigenvalue weighted by atomic mass is 10.1. The summed E-state index contributed by atoms with van der Waals surface area (Å²) in [5.41, 5.74) is 2.47. The normalized spacial score (nSPS) is 10.6. The molecule has 1 heterocycles. The second kappa shape index (κ2) is 8.91. The van der Waals surface area contributed by atoms with E-state index in [1.54, 1.807) is 23.7 Å². The maximum absolute atomic E-state index is 13.3. The molecular weight excluding hydrogens is 443 g/mol. The summed E-state index contributed by atoms with van der Waals surface area (Å²) in [6.45, 7) is 3.81. The minimum Gasteiger partial charge on any atom is -0.351 e. The molecule has 2 N–H and O–H groups in total. The molecule has 8 nitrogen and oxygen atoms in total. The highest BCUT2D eigenvalue weighted by atomic mass is 79.9. The number of carbonyl (C=O) groups is 2. The van der Waals surface area contributed by atoms with Gasteiger partial charge in [-0.15, -0.1) is 5.10 Å². The molecule has 0 aliphatic carbocycles. The van der Waals surface area contributed by atoms with Crippen LogP contribution in [-0.2, 0) is 4.79 Å². The van der Waals surface area contributed by atoms with Crippen LogP contribution in [0, 0.1) is 19.7 Å². The van der Waals surface area contributed by atoms with Crippen LogP contribution < -0.4 is 10.6 Å². The minimum absolute atomic E-state index is 0.0613. The first-order valence-corrected chi connectivity index (χ1v) is 9.53. The van der Waals surface area contributed by atoms with E-state index in [0.29, 0.717) is 16.0 Å². The quantitative estimate of drug-likeness (QED) is 0.588. The summed E-state index contributed by atoms with van der Waals surface area (Å²) in [7, 11) is 0. The molecule has 0 bridgehead atoms. The Balaban J connectivity index is 1.58. The summed E-state index contributed by atoms with van der Waals surface area (Å²) < 4.78 is 15.4. The minimum atomic E-state index is -0.510. The smallest absolute Gasteiger partial charge is 0.252 e. The summed E-state index contributed by atoms with van der Waals surface area (Å²) in [6.07, 6.45) is 0.0613. The lowest BCUT2D eigenvalue weighted by Gasteiger charge is -2.11. The number of hydrogen-bond acceptors (Lipinski definition) is 5. The van der Waals surface area contributed by atoms with Crippen molar-refractivity contribution in [2.24, 2.45) is 0 Å². The summed E-state index contributed by atoms with van der Waals surface area (Å²) in [6, 6.07) is 9.25. The average molecular weight is 461 g/mol. The van der Waals surface area contributed by atoms with Crippen LogP contribution in [0.3, 0.4) is 0 Å². The summed E-state index contributed by atoms with van der Waals surface area (Å²) in [5, 5.41) is 16.8. The summed E-state index contributed by atoms with van der Waals surface area (Å²) in [5.74, 6) is -0.616. The third kappa shape index (κ3) is 5.02. The molecule has 0 saturated heterocycles. The monoisotopic (exact) mass is 460 g/mol. The molecule has 0 radical (unpaired) electrons. The molecule has 2 amide bonds. The molecule has 3 rings (SSSR count). The highest BCUT2D eigenvalue weighted by Crippen LogP contribution is 2.20. The Labute approximate surface area is 174 Å². The van der Waals surface area contributed by atoms with Crippen LogP contribution in [0.5, 0.6) is 0 Å². The third-order valence-electron chi connectivity index (χ3n) is 4.16. The van der Waals surface area contributed by atoms with Crippen molar-refractivity contribution in [3.63, 3.8) is 0 Å². The fraction of sp³-hybridized carbons (Fsp3) is 0.211. The van der Waals surface area contributed by atoms with Gasteiger partial charge in [-0.05, 0) is 76.1 Å². The van der Waals surface area contributed by atoms with Crippen molar-refractivity contribution in [3.05, 3.63) is 63.6 Å². The molecular formula is C19H18BrFN6O2. The predicted molar refractivity (Wildman–Crippen MR) is 108 cm³/mol. The van der Waals surface area contributed by atoms with Gasteiger partial charge in [0.05, 0.1) is 11.3 Å². The van der Waals surface area contributed by atoms with Crippen molar-refractivity contribution >= 4 is 33.4 Å². The third-order valence-corrected chi connectivity index (χ3v) is 4.85. The van der Waals surface area contributed by atoms with Gasteiger partial charge < -0.3 is 10.6 Å². The van der Waals surface area contributed by atoms with E-state index in [2.05, 4.69) is 42.1 Å². The van der Waals surface area contributed by atoms with Crippen LogP contribution in [0.4, 0.5) is 10.1 Å². The second-order valence-electron chi connectivity index (χ2n) is 6.32. The Morgan fingerprint density at radius 3 is 2.69 bits per heavy atom. The summed E-state index contributed by atoms with van der Waals surface area (Å²) >= 11 is 3.21. The van der Waals surface area contributed by atoms with Gasteiger partial charge in [-0.2, -0.15) is 4.68 Å². The first kappa shape index (κ1) is 20.6. The zero-order valence-corrected chi connectivity index (χ0v) is 17.3. The van der Waals surface area contributed by atoms with Gasteiger partial charge in [0.2, 0.25) is 5.91 Å². The van der Waals surface area contributed by atoms with Gasteiger partial charge in [-0.3, -0.25) is 9.59 Å². The lowest BCUT2D eigenvalue weighted by Crippen LogP contribution is -2.28. The van der Waals surface area contributed by atoms with Crippen LogP contribution in [0.2, 0.25) is 0 Å². The SMILES string of the molecule is Cc1ccc(NC(=O)CCNC(=O)c2cc(F)ccc2Br)cc1-n1nnnc1C. The summed E-state index contributed by atoms with van der Waals surface area (Å²) in [4.78, 5) is 24.4. The van der Waals surface area contributed by atoms with E-state index in [1.807, 2.05) is 13.0 Å². The van der Waals surface area contributed by atoms with Gasteiger partial charge in [0.25, 0.3) is 5.91 Å². The Morgan fingerprint density at radius 2 is 1.97 bits per heavy atom. The van der Waals surface area contributed by atoms with Crippen molar-refractivity contribution < 1.29 is 14.0 Å². The Morgan fingerprint density at radius 1 is 1.17 bits per heavy atom. The molecule has 0 fully saturated rings. The average Bonchev–Trinajstić information content (AvgIpc) is 3.11. The van der Waals surface area contributed by atoms with E-state index in [9.17, 15) is 14.0 Å². The lowest BCUT2D eigenvalue weighted by molar-refractivity contribution is -0.116. The Hall–Kier alpha value is -3.14. The Bertz CT molecular complexity index is 1070. The highest BCUT2D eigenvalue weighted by Gasteiger charge is 2.13. The van der Waals surface area contributed by atoms with E-state index in [0.717, 1.165) is 17.3 Å². The number of aromatic nitrogens is 4. The van der Waals surface area contributed by atoms with Gasteiger partial charge in [-0.1, -0.05) is 6.07 Å². The molecule has 0 aliphatic heterocycles. The van der Waals surface area contributed by atoms with E-state index in [1.165, 1.54) is 12.1 Å². The number of tetrazole rings is 1. The van der Waals surface area contributed by atoms with E-state index in [-0.39, 0.29) is 24.4 Å². The highest BCUT2D eigenvalue weighted by molar-refractivity contribution is 9.10. The first-order chi connectivity index (χ1) is 13.8. The molecule has 1 aromatic heterocycles. The molecule has 0 saturated carbocycles. The molecule has 0 atom stereocenters. The van der Waals surface area contributed by atoms with Crippen molar-refractivity contribution in [2.45, 2.75) is 20.3 Å². The molecule has 150 valence electrons. The zero-order valence-electron chi connectivity index (χ0n) is 15.7. The fourth-order valence-corrected chi connectivity index (χ4v) is 3.08. The van der Waals surface area contributed by atoms with Crippen LogP contribution in [0.25, 0.3) is 5.69 Å². The van der Waals surface area contributed by atoms with Gasteiger partial charge in [0, 0.05) is 23.1 Å². The molecule has 0 unspecified atom stereocenters. The standard InChI is InChI=1S/C19H18BrFN6O2/c1-11-3-5-14(10-17(11)27-12(2)24-25-26-27)23-18(28)7-8-22-19(29)15-9-13(21)4-6-16(15)20/h3-6,9-10H,7-8H2,1-2H3,(H,22,29)(H,23,28). The number of hydrogen-bond donors (Lipinski definition) is 2. The van der Waals surface area contributed by atoms with Crippen molar-refractivity contribution in [2.75, 3.05) is 11.9 Å². The van der Waals surface area contributed by atoms with E-state index >= 15 is 0 Å². The maximum atomic E-state index is 13.3. The van der Waals surface area contributed by atoms with Crippen molar-refractivity contribution in [1.29, 1.82) is 0 Å². The number of anilines is 1. The predicted octanol–water partition coefficient (Wildman–Crippen LogP) is 2.94. The van der Waals surface area contributed by atoms with Crippen LogP contribution in [0.1, 0.15) is 28.2 Å². The van der Waals surface area contributed by atoms with Crippen LogP contribution in [-0.4, -0.2) is 38.6 Å². The van der Waals surface area contributed by atoms with Gasteiger partial charge in [0.15, 0.2) is 5.82 Å². The molecule has 2 aromatic carbocycles. The zero-order chi connectivity index (χ0) is 21.0. The van der Waals surface area contributed by atoms with E-state index < -0.39 is 11.7 Å². The number of aryl methyl sites for hydroxylation is 2. The molecule has 0 aliphatic rings. The van der Waals surface area contributed by atoms with Gasteiger partial charge in [0.1, 0.15) is 5.82 Å². The number of nitrogens with one attached hydrogen (secondary N) is 2. The molecule has 0 spiro atoms. The number of halogens is 2. The number of carbonyl (C=O) groups excluding carboxylic acids is 2. The maximum Gasteiger partial charge on any atom is 0.252 e. The topological polar surface area (TPSA) is 102 Å².